The van der Waals surface area contributed by atoms with E-state index in [1.165, 1.54) is 19.4 Å². The maximum Gasteiger partial charge on any atom is 0.221 e. The zero-order valence-corrected chi connectivity index (χ0v) is 12.6. The van der Waals surface area contributed by atoms with E-state index in [0.717, 1.165) is 12.1 Å². The van der Waals surface area contributed by atoms with E-state index in [1.54, 1.807) is 12.1 Å². The van der Waals surface area contributed by atoms with Crippen LogP contribution in [0, 0.1) is 17.2 Å². The molecule has 1 amide bonds. The first-order valence-electron chi connectivity index (χ1n) is 7.10. The van der Waals surface area contributed by atoms with Crippen LogP contribution >= 0.6 is 0 Å². The Hall–Kier alpha value is -1.58. The van der Waals surface area contributed by atoms with Crippen LogP contribution in [0.2, 0.25) is 0 Å². The van der Waals surface area contributed by atoms with Crippen molar-refractivity contribution in [1.82, 2.24) is 0 Å². The maximum atomic E-state index is 13.6. The van der Waals surface area contributed by atoms with Crippen molar-refractivity contribution in [2.45, 2.75) is 46.6 Å². The van der Waals surface area contributed by atoms with Gasteiger partial charge in [-0.05, 0) is 42.4 Å². The lowest BCUT2D eigenvalue weighted by molar-refractivity contribution is -0.114. The first-order chi connectivity index (χ1) is 9.27. The number of rotatable bonds is 3. The largest absolute Gasteiger partial charge is 0.382 e. The molecule has 1 aromatic carbocycles. The van der Waals surface area contributed by atoms with Crippen molar-refractivity contribution in [3.8, 4) is 0 Å². The summed E-state index contributed by atoms with van der Waals surface area (Å²) in [5, 5.41) is 5.98. The van der Waals surface area contributed by atoms with Crippen LogP contribution in [0.5, 0.6) is 0 Å². The van der Waals surface area contributed by atoms with Crippen LogP contribution in [0.3, 0.4) is 0 Å². The van der Waals surface area contributed by atoms with Crippen LogP contribution < -0.4 is 10.6 Å². The summed E-state index contributed by atoms with van der Waals surface area (Å²) in [6.45, 7) is 8.17. The minimum atomic E-state index is -0.412. The van der Waals surface area contributed by atoms with E-state index in [9.17, 15) is 9.18 Å². The molecule has 0 heterocycles. The SMILES string of the molecule is CC(=O)Nc1cc(NC2CC(C)(C)CC2C)ccc1F. The Labute approximate surface area is 120 Å². The molecule has 2 N–H and O–H groups in total. The molecule has 1 aromatic rings. The highest BCUT2D eigenvalue weighted by molar-refractivity contribution is 5.89. The fourth-order valence-corrected chi connectivity index (χ4v) is 3.20. The first kappa shape index (κ1) is 14.8. The predicted octanol–water partition coefficient (Wildman–Crippen LogP) is 4.02. The van der Waals surface area contributed by atoms with Crippen molar-refractivity contribution in [2.24, 2.45) is 11.3 Å². The second-order valence-electron chi connectivity index (χ2n) is 6.68. The van der Waals surface area contributed by atoms with Crippen molar-refractivity contribution in [3.05, 3.63) is 24.0 Å². The quantitative estimate of drug-likeness (QED) is 0.876. The van der Waals surface area contributed by atoms with Gasteiger partial charge < -0.3 is 10.6 Å². The normalized spacial score (nSPS) is 24.4. The maximum absolute atomic E-state index is 13.6. The molecule has 0 bridgehead atoms. The van der Waals surface area contributed by atoms with E-state index in [4.69, 9.17) is 0 Å². The molecule has 20 heavy (non-hydrogen) atoms. The lowest BCUT2D eigenvalue weighted by atomic mass is 9.91. The van der Waals surface area contributed by atoms with Gasteiger partial charge in [-0.2, -0.15) is 0 Å². The van der Waals surface area contributed by atoms with Crippen molar-refractivity contribution < 1.29 is 9.18 Å². The molecule has 2 unspecified atom stereocenters. The molecule has 0 aromatic heterocycles. The van der Waals surface area contributed by atoms with Gasteiger partial charge >= 0.3 is 0 Å². The lowest BCUT2D eigenvalue weighted by Gasteiger charge is -2.20. The van der Waals surface area contributed by atoms with Crippen molar-refractivity contribution in [2.75, 3.05) is 10.6 Å². The van der Waals surface area contributed by atoms with Crippen molar-refractivity contribution >= 4 is 17.3 Å². The molecule has 1 aliphatic carbocycles. The highest BCUT2D eigenvalue weighted by Gasteiger charge is 2.36. The number of carbonyl (C=O) groups excluding carboxylic acids is 1. The van der Waals surface area contributed by atoms with Gasteiger partial charge in [0.1, 0.15) is 5.82 Å². The Morgan fingerprint density at radius 2 is 2.05 bits per heavy atom. The minimum Gasteiger partial charge on any atom is -0.382 e. The van der Waals surface area contributed by atoms with E-state index in [1.807, 2.05) is 0 Å². The Morgan fingerprint density at radius 1 is 1.35 bits per heavy atom. The minimum absolute atomic E-state index is 0.229. The Morgan fingerprint density at radius 3 is 2.60 bits per heavy atom. The first-order valence-corrected chi connectivity index (χ1v) is 7.10. The molecule has 2 rings (SSSR count). The van der Waals surface area contributed by atoms with Crippen LogP contribution in [0.15, 0.2) is 18.2 Å². The van der Waals surface area contributed by atoms with E-state index >= 15 is 0 Å². The van der Waals surface area contributed by atoms with Gasteiger partial charge in [-0.1, -0.05) is 20.8 Å². The molecule has 0 saturated heterocycles. The number of hydrogen-bond donors (Lipinski definition) is 2. The average molecular weight is 278 g/mol. The highest BCUT2D eigenvalue weighted by atomic mass is 19.1. The molecule has 1 saturated carbocycles. The summed E-state index contributed by atoms with van der Waals surface area (Å²) in [6.07, 6.45) is 2.28. The van der Waals surface area contributed by atoms with Crippen LogP contribution in [-0.4, -0.2) is 11.9 Å². The predicted molar refractivity (Wildman–Crippen MR) is 80.3 cm³/mol. The van der Waals surface area contributed by atoms with Crippen LogP contribution in [0.25, 0.3) is 0 Å². The van der Waals surface area contributed by atoms with Crippen LogP contribution in [0.1, 0.15) is 40.5 Å². The third kappa shape index (κ3) is 3.50. The Balaban J connectivity index is 2.12. The molecule has 4 heteroatoms. The van der Waals surface area contributed by atoms with E-state index in [2.05, 4.69) is 31.4 Å². The number of amides is 1. The lowest BCUT2D eigenvalue weighted by Crippen LogP contribution is -2.22. The molecule has 0 spiro atoms. The molecule has 1 aliphatic rings. The molecule has 0 radical (unpaired) electrons. The topological polar surface area (TPSA) is 41.1 Å². The Bertz CT molecular complexity index is 513. The summed E-state index contributed by atoms with van der Waals surface area (Å²) in [5.41, 5.74) is 1.43. The number of anilines is 2. The van der Waals surface area contributed by atoms with Gasteiger partial charge in [0.2, 0.25) is 5.91 Å². The average Bonchev–Trinajstić information content (AvgIpc) is 2.56. The summed E-state index contributed by atoms with van der Waals surface area (Å²) in [6, 6.07) is 5.16. The summed E-state index contributed by atoms with van der Waals surface area (Å²) in [7, 11) is 0. The van der Waals surface area contributed by atoms with Gasteiger partial charge in [-0.3, -0.25) is 4.79 Å². The Kier molecular flexibility index (Phi) is 4.02. The number of halogens is 1. The summed E-state index contributed by atoms with van der Waals surface area (Å²) in [4.78, 5) is 11.1. The number of benzene rings is 1. The molecule has 2 atom stereocenters. The summed E-state index contributed by atoms with van der Waals surface area (Å²) >= 11 is 0. The van der Waals surface area contributed by atoms with Crippen LogP contribution in [-0.2, 0) is 4.79 Å². The third-order valence-electron chi connectivity index (χ3n) is 3.96. The van der Waals surface area contributed by atoms with Crippen LogP contribution in [0.4, 0.5) is 15.8 Å². The van der Waals surface area contributed by atoms with Gasteiger partial charge in [0, 0.05) is 18.7 Å². The zero-order valence-electron chi connectivity index (χ0n) is 12.6. The molecule has 1 fully saturated rings. The second-order valence-corrected chi connectivity index (χ2v) is 6.68. The monoisotopic (exact) mass is 278 g/mol. The standard InChI is InChI=1S/C16H23FN2O/c1-10-8-16(3,4)9-15(10)19-12-5-6-13(17)14(7-12)18-11(2)20/h5-7,10,15,19H,8-9H2,1-4H3,(H,18,20). The van der Waals surface area contributed by atoms with Crippen molar-refractivity contribution in [3.63, 3.8) is 0 Å². The van der Waals surface area contributed by atoms with Gasteiger partial charge in [-0.25, -0.2) is 4.39 Å². The smallest absolute Gasteiger partial charge is 0.221 e. The molecular weight excluding hydrogens is 255 g/mol. The van der Waals surface area contributed by atoms with Crippen molar-refractivity contribution in [1.29, 1.82) is 0 Å². The summed E-state index contributed by atoms with van der Waals surface area (Å²) < 4.78 is 13.6. The molecule has 0 aliphatic heterocycles. The van der Waals surface area contributed by atoms with Gasteiger partial charge in [0.25, 0.3) is 0 Å². The third-order valence-corrected chi connectivity index (χ3v) is 3.96. The van der Waals surface area contributed by atoms with Gasteiger partial charge in [0.05, 0.1) is 5.69 Å². The molecular formula is C16H23FN2O. The number of hydrogen-bond acceptors (Lipinski definition) is 2. The van der Waals surface area contributed by atoms with E-state index < -0.39 is 5.82 Å². The number of carbonyl (C=O) groups is 1. The van der Waals surface area contributed by atoms with Gasteiger partial charge in [0.15, 0.2) is 0 Å². The summed E-state index contributed by atoms with van der Waals surface area (Å²) in [5.74, 6) is -0.0961. The van der Waals surface area contributed by atoms with Gasteiger partial charge in [-0.15, -0.1) is 0 Å². The fourth-order valence-electron chi connectivity index (χ4n) is 3.20. The second kappa shape index (κ2) is 5.43. The highest BCUT2D eigenvalue weighted by Crippen LogP contribution is 2.42. The van der Waals surface area contributed by atoms with E-state index in [0.29, 0.717) is 17.4 Å². The fraction of sp³-hybridized carbons (Fsp3) is 0.562. The molecule has 3 nitrogen and oxygen atoms in total. The van der Waals surface area contributed by atoms with E-state index in [-0.39, 0.29) is 11.6 Å². The zero-order chi connectivity index (χ0) is 14.9. The number of nitrogens with one attached hydrogen (secondary N) is 2. The molecule has 110 valence electrons.